The minimum atomic E-state index is -5.14. The van der Waals surface area contributed by atoms with Crippen LogP contribution in [0, 0.1) is 5.82 Å². The van der Waals surface area contributed by atoms with E-state index in [4.69, 9.17) is 14.2 Å². The van der Waals surface area contributed by atoms with Gasteiger partial charge in [0.15, 0.2) is 0 Å². The Kier molecular flexibility index (Phi) is 15.4. The summed E-state index contributed by atoms with van der Waals surface area (Å²) >= 11 is 0. The molecule has 3 aromatic carbocycles. The van der Waals surface area contributed by atoms with Gasteiger partial charge in [-0.25, -0.2) is 9.18 Å². The van der Waals surface area contributed by atoms with Crippen LogP contribution >= 0.6 is 0 Å². The van der Waals surface area contributed by atoms with Crippen molar-refractivity contribution in [3.05, 3.63) is 106 Å². The minimum absolute atomic E-state index is 0.0147. The number of likely N-dealkylation sites (N-methyl/N-ethyl adjacent to an activating group) is 1. The lowest BCUT2D eigenvalue weighted by Gasteiger charge is -2.44. The van der Waals surface area contributed by atoms with Gasteiger partial charge in [-0.05, 0) is 126 Å². The van der Waals surface area contributed by atoms with Gasteiger partial charge in [0.05, 0.1) is 23.8 Å². The molecule has 7 rings (SSSR count). The van der Waals surface area contributed by atoms with Crippen LogP contribution in [-0.2, 0) is 53.6 Å². The number of rotatable bonds is 14. The van der Waals surface area contributed by atoms with Gasteiger partial charge in [0.1, 0.15) is 36.9 Å². The zero-order valence-electron chi connectivity index (χ0n) is 39.4. The summed E-state index contributed by atoms with van der Waals surface area (Å²) in [5.74, 6) is -1.85. The Bertz CT molecular complexity index is 2300. The lowest BCUT2D eigenvalue weighted by atomic mass is 9.72. The number of piperidine rings is 1. The molecule has 12 nitrogen and oxygen atoms in total. The van der Waals surface area contributed by atoms with E-state index >= 15 is 0 Å². The fourth-order valence-electron chi connectivity index (χ4n) is 9.96. The number of amides is 4. The topological polar surface area (TPSA) is 112 Å². The average molecular weight is 976 g/mol. The van der Waals surface area contributed by atoms with Crippen molar-refractivity contribution in [2.75, 3.05) is 79.3 Å². The second kappa shape index (κ2) is 20.6. The number of hydrogen-bond acceptors (Lipinski definition) is 8. The molecular formula is C50H60F7N5O7. The summed E-state index contributed by atoms with van der Waals surface area (Å²) in [6, 6.07) is 14.4. The molecular weight excluding hydrogens is 916 g/mol. The number of benzene rings is 3. The van der Waals surface area contributed by atoms with Crippen LogP contribution in [0.2, 0.25) is 0 Å². The van der Waals surface area contributed by atoms with Crippen molar-refractivity contribution in [3.8, 4) is 0 Å². The predicted octanol–water partition coefficient (Wildman–Crippen LogP) is 8.26. The van der Waals surface area contributed by atoms with Crippen molar-refractivity contribution in [3.63, 3.8) is 0 Å². The molecule has 0 bridgehead atoms. The van der Waals surface area contributed by atoms with E-state index in [-0.39, 0.29) is 55.5 Å². The smallest absolute Gasteiger partial charge is 0.416 e. The van der Waals surface area contributed by atoms with E-state index in [1.807, 2.05) is 12.1 Å². The number of likely N-dealkylation sites (tertiary alicyclic amines) is 1. The Morgan fingerprint density at radius 2 is 1.49 bits per heavy atom. The number of alkyl halides is 6. The van der Waals surface area contributed by atoms with Crippen molar-refractivity contribution in [2.45, 2.75) is 101 Å². The second-order valence-corrected chi connectivity index (χ2v) is 19.6. The van der Waals surface area contributed by atoms with E-state index in [0.717, 1.165) is 29.7 Å². The molecule has 19 heteroatoms. The third-order valence-electron chi connectivity index (χ3n) is 13.8. The maximum absolute atomic E-state index is 14.1. The van der Waals surface area contributed by atoms with Gasteiger partial charge >= 0.3 is 18.4 Å². The van der Waals surface area contributed by atoms with Crippen molar-refractivity contribution in [1.82, 2.24) is 24.5 Å². The number of fused-ring (bicyclic) bond motifs is 2. The minimum Gasteiger partial charge on any atom is -0.444 e. The molecule has 3 heterocycles. The number of piperazine rings is 1. The highest BCUT2D eigenvalue weighted by Gasteiger charge is 2.50. The number of carbonyl (C=O) groups excluding carboxylic acids is 4. The average Bonchev–Trinajstić information content (AvgIpc) is 3.86. The van der Waals surface area contributed by atoms with E-state index in [0.29, 0.717) is 82.8 Å². The van der Waals surface area contributed by atoms with E-state index in [1.54, 1.807) is 37.6 Å². The first-order valence-electron chi connectivity index (χ1n) is 23.4. The molecule has 0 N–H and O–H groups in total. The molecule has 3 fully saturated rings. The fraction of sp³-hybridized carbons (Fsp3) is 0.560. The van der Waals surface area contributed by atoms with Crippen LogP contribution in [0.15, 0.2) is 66.7 Å². The van der Waals surface area contributed by atoms with Gasteiger partial charge in [0.2, 0.25) is 11.8 Å². The van der Waals surface area contributed by atoms with Crippen LogP contribution < -0.4 is 0 Å². The molecule has 0 radical (unpaired) electrons. The molecule has 1 spiro atoms. The predicted molar refractivity (Wildman–Crippen MR) is 239 cm³/mol. The quantitative estimate of drug-likeness (QED) is 0.117. The number of hydrogen-bond donors (Lipinski definition) is 0. The standard InChI is InChI=1S/C50H60F7N5O7/c1-46(2,3)69-45(66)61-25-24-60(42(63)30-61)20-9-5-8-19-58(4)43(64)31-67-41-28-34-10-6-7-11-40(34)47(41)16-21-59(22-17-47)23-18-48(36-12-14-39(51)15-13-36)32-62(33-68-48)44(65)35-26-37(49(52,53)54)29-38(27-35)50(55,56)57/h6-7,10-15,26-27,29,41H,5,8-9,16-25,28,30-33H2,1-4H3/t41-,48-/m0/s1. The fourth-order valence-corrected chi connectivity index (χ4v) is 9.96. The summed E-state index contributed by atoms with van der Waals surface area (Å²) in [4.78, 5) is 60.3. The van der Waals surface area contributed by atoms with Crippen LogP contribution in [0.4, 0.5) is 35.5 Å². The Morgan fingerprint density at radius 1 is 0.826 bits per heavy atom. The lowest BCUT2D eigenvalue weighted by Crippen LogP contribution is -2.53. The van der Waals surface area contributed by atoms with Crippen molar-refractivity contribution < 1.29 is 64.1 Å². The maximum Gasteiger partial charge on any atom is 0.416 e. The Morgan fingerprint density at radius 3 is 2.13 bits per heavy atom. The molecule has 69 heavy (non-hydrogen) atoms. The molecule has 3 aliphatic heterocycles. The van der Waals surface area contributed by atoms with Gasteiger partial charge in [-0.1, -0.05) is 36.4 Å². The van der Waals surface area contributed by atoms with Crippen LogP contribution in [0.1, 0.15) is 97.5 Å². The second-order valence-electron chi connectivity index (χ2n) is 19.6. The molecule has 3 aromatic rings. The molecule has 0 saturated carbocycles. The zero-order valence-corrected chi connectivity index (χ0v) is 39.4. The van der Waals surface area contributed by atoms with Crippen LogP contribution in [0.3, 0.4) is 0 Å². The highest BCUT2D eigenvalue weighted by atomic mass is 19.4. The Hall–Kier alpha value is -5.27. The molecule has 376 valence electrons. The highest BCUT2D eigenvalue weighted by Crippen LogP contribution is 2.48. The summed E-state index contributed by atoms with van der Waals surface area (Å²) in [5.41, 5.74) is -3.41. The maximum atomic E-state index is 14.1. The summed E-state index contributed by atoms with van der Waals surface area (Å²) in [6.45, 7) is 8.24. The largest absolute Gasteiger partial charge is 0.444 e. The van der Waals surface area contributed by atoms with Crippen molar-refractivity contribution in [1.29, 1.82) is 0 Å². The number of ether oxygens (including phenoxy) is 3. The number of unbranched alkanes of at least 4 members (excludes halogenated alkanes) is 2. The summed E-state index contributed by atoms with van der Waals surface area (Å²) in [5, 5.41) is 0. The molecule has 1 aliphatic carbocycles. The van der Waals surface area contributed by atoms with Crippen molar-refractivity contribution >= 4 is 23.8 Å². The van der Waals surface area contributed by atoms with Gasteiger partial charge in [0.25, 0.3) is 5.91 Å². The van der Waals surface area contributed by atoms with Gasteiger partial charge < -0.3 is 33.8 Å². The van der Waals surface area contributed by atoms with Gasteiger partial charge in [0, 0.05) is 50.7 Å². The van der Waals surface area contributed by atoms with Crippen LogP contribution in [0.25, 0.3) is 0 Å². The first-order chi connectivity index (χ1) is 32.5. The zero-order chi connectivity index (χ0) is 49.9. The highest BCUT2D eigenvalue weighted by molar-refractivity contribution is 5.95. The molecule has 4 aliphatic rings. The van der Waals surface area contributed by atoms with Crippen LogP contribution in [0.5, 0.6) is 0 Å². The molecule has 0 unspecified atom stereocenters. The van der Waals surface area contributed by atoms with Crippen LogP contribution in [-0.4, -0.2) is 139 Å². The van der Waals surface area contributed by atoms with E-state index in [2.05, 4.69) is 17.0 Å². The Balaban J connectivity index is 0.923. The van der Waals surface area contributed by atoms with E-state index in [9.17, 15) is 49.9 Å². The summed E-state index contributed by atoms with van der Waals surface area (Å²) < 4.78 is 114. The third kappa shape index (κ3) is 12.2. The van der Waals surface area contributed by atoms with Gasteiger partial charge in [-0.2, -0.15) is 26.3 Å². The Labute approximate surface area is 397 Å². The monoisotopic (exact) mass is 975 g/mol. The van der Waals surface area contributed by atoms with Gasteiger partial charge in [-0.3, -0.25) is 19.3 Å². The van der Waals surface area contributed by atoms with Crippen molar-refractivity contribution in [2.24, 2.45) is 0 Å². The molecule has 3 saturated heterocycles. The SMILES string of the molecule is CN(CCCCCN1CCN(C(=O)OC(C)(C)C)CC1=O)C(=O)CO[C@H]1Cc2ccccc2C12CCN(CC[C@@]1(c3ccc(F)cc3)CN(C(=O)c3cc(C(F)(F)F)cc(C(F)(F)F)c3)CO1)CC2. The number of halogens is 7. The van der Waals surface area contributed by atoms with E-state index < -0.39 is 64.8 Å². The van der Waals surface area contributed by atoms with E-state index in [1.165, 1.54) is 34.7 Å². The summed E-state index contributed by atoms with van der Waals surface area (Å²) in [7, 11) is 1.75. The first kappa shape index (κ1) is 51.6. The first-order valence-corrected chi connectivity index (χ1v) is 23.4. The number of carbonyl (C=O) groups is 4. The number of nitrogens with zero attached hydrogens (tertiary/aromatic N) is 5. The summed E-state index contributed by atoms with van der Waals surface area (Å²) in [6.07, 6.45) is -6.43. The molecule has 0 aromatic heterocycles. The lowest BCUT2D eigenvalue weighted by molar-refractivity contribution is -0.143. The van der Waals surface area contributed by atoms with Gasteiger partial charge in [-0.15, -0.1) is 0 Å². The third-order valence-corrected chi connectivity index (χ3v) is 13.8. The molecule has 4 amide bonds. The normalized spacial score (nSPS) is 20.9. The molecule has 2 atom stereocenters.